The van der Waals surface area contributed by atoms with Crippen molar-refractivity contribution in [1.82, 2.24) is 19.6 Å². The van der Waals surface area contributed by atoms with Gasteiger partial charge in [-0.05, 0) is 43.2 Å². The lowest BCUT2D eigenvalue weighted by molar-refractivity contribution is 0.0538. The monoisotopic (exact) mass is 476 g/mol. The molecule has 3 heterocycles. The maximum absolute atomic E-state index is 13.9. The molecule has 0 radical (unpaired) electrons. The number of benzene rings is 2. The molecule has 0 aliphatic carbocycles. The van der Waals surface area contributed by atoms with Crippen molar-refractivity contribution in [2.75, 3.05) is 26.2 Å². The van der Waals surface area contributed by atoms with Crippen LogP contribution in [0.5, 0.6) is 0 Å². The van der Waals surface area contributed by atoms with E-state index in [1.807, 2.05) is 35.9 Å². The highest BCUT2D eigenvalue weighted by atomic mass is 32.1. The largest absolute Gasteiger partial charge is 0.335 e. The van der Waals surface area contributed by atoms with Crippen LogP contribution in [0.2, 0.25) is 0 Å². The molecular formula is C26H25FN4O2S. The van der Waals surface area contributed by atoms with Gasteiger partial charge in [-0.3, -0.25) is 14.3 Å². The fourth-order valence-electron chi connectivity index (χ4n) is 4.26. The summed E-state index contributed by atoms with van der Waals surface area (Å²) < 4.78 is 15.8. The molecule has 0 saturated carbocycles. The standard InChI is InChI=1S/C26H25FN4O2S/c1-17-8-9-20(14-22(17)27)24(32)29-10-12-30(13-11-29)25(33)23-15-21-18(2)28-31(26(21)34-23)16-19-6-4-3-5-7-19/h3-9,14-15H,10-13,16H2,1-2H3. The van der Waals surface area contributed by atoms with E-state index in [0.717, 1.165) is 21.5 Å². The van der Waals surface area contributed by atoms with E-state index >= 15 is 0 Å². The molecule has 4 aromatic rings. The van der Waals surface area contributed by atoms with E-state index in [9.17, 15) is 14.0 Å². The summed E-state index contributed by atoms with van der Waals surface area (Å²) in [6.45, 7) is 6.02. The number of thiophene rings is 1. The Bertz CT molecular complexity index is 1370. The van der Waals surface area contributed by atoms with Crippen LogP contribution in [-0.2, 0) is 6.54 Å². The van der Waals surface area contributed by atoms with E-state index in [1.165, 1.54) is 17.4 Å². The first-order valence-electron chi connectivity index (χ1n) is 11.3. The Morgan fingerprint density at radius 2 is 1.62 bits per heavy atom. The molecule has 2 aromatic heterocycles. The highest BCUT2D eigenvalue weighted by Crippen LogP contribution is 2.30. The summed E-state index contributed by atoms with van der Waals surface area (Å²) >= 11 is 1.46. The molecule has 5 rings (SSSR count). The summed E-state index contributed by atoms with van der Waals surface area (Å²) in [7, 11) is 0. The predicted octanol–water partition coefficient (Wildman–Crippen LogP) is 4.50. The van der Waals surface area contributed by atoms with E-state index < -0.39 is 0 Å². The van der Waals surface area contributed by atoms with Crippen LogP contribution in [0, 0.1) is 19.7 Å². The van der Waals surface area contributed by atoms with Crippen molar-refractivity contribution >= 4 is 33.4 Å². The normalized spacial score (nSPS) is 14.1. The fourth-order valence-corrected chi connectivity index (χ4v) is 5.39. The molecule has 1 saturated heterocycles. The molecule has 2 amide bonds. The van der Waals surface area contributed by atoms with Gasteiger partial charge in [-0.25, -0.2) is 4.39 Å². The zero-order chi connectivity index (χ0) is 23.8. The Hall–Kier alpha value is -3.52. The lowest BCUT2D eigenvalue weighted by Crippen LogP contribution is -2.50. The quantitative estimate of drug-likeness (QED) is 0.436. The number of carbonyl (C=O) groups excluding carboxylic acids is 2. The van der Waals surface area contributed by atoms with Crippen LogP contribution in [-0.4, -0.2) is 57.6 Å². The number of rotatable bonds is 4. The first kappa shape index (κ1) is 22.3. The summed E-state index contributed by atoms with van der Waals surface area (Å²) in [5.74, 6) is -0.615. The van der Waals surface area contributed by atoms with Gasteiger partial charge in [0.1, 0.15) is 10.6 Å². The van der Waals surface area contributed by atoms with Crippen LogP contribution >= 0.6 is 11.3 Å². The SMILES string of the molecule is Cc1ccc(C(=O)N2CCN(C(=O)c3cc4c(C)nn(Cc5ccccc5)c4s3)CC2)cc1F. The topological polar surface area (TPSA) is 58.4 Å². The summed E-state index contributed by atoms with van der Waals surface area (Å²) in [5, 5.41) is 5.66. The first-order chi connectivity index (χ1) is 16.4. The van der Waals surface area contributed by atoms with Gasteiger partial charge >= 0.3 is 0 Å². The van der Waals surface area contributed by atoms with Crippen LogP contribution in [0.25, 0.3) is 10.2 Å². The maximum Gasteiger partial charge on any atom is 0.264 e. The number of hydrogen-bond donors (Lipinski definition) is 0. The van der Waals surface area contributed by atoms with Gasteiger partial charge in [0, 0.05) is 37.1 Å². The van der Waals surface area contributed by atoms with E-state index in [4.69, 9.17) is 0 Å². The molecule has 0 N–H and O–H groups in total. The van der Waals surface area contributed by atoms with Crippen molar-refractivity contribution in [2.45, 2.75) is 20.4 Å². The second kappa shape index (κ2) is 9.02. The first-order valence-corrected chi connectivity index (χ1v) is 12.1. The third-order valence-electron chi connectivity index (χ3n) is 6.27. The maximum atomic E-state index is 13.9. The summed E-state index contributed by atoms with van der Waals surface area (Å²) in [4.78, 5) is 31.1. The molecular weight excluding hydrogens is 451 g/mol. The van der Waals surface area contributed by atoms with Crippen molar-refractivity contribution in [1.29, 1.82) is 0 Å². The number of nitrogens with zero attached hydrogens (tertiary/aromatic N) is 4. The van der Waals surface area contributed by atoms with Gasteiger partial charge in [0.25, 0.3) is 11.8 Å². The Morgan fingerprint density at radius 3 is 2.29 bits per heavy atom. The van der Waals surface area contributed by atoms with E-state index in [1.54, 1.807) is 28.9 Å². The number of amides is 2. The molecule has 1 fully saturated rings. The van der Waals surface area contributed by atoms with E-state index in [-0.39, 0.29) is 17.6 Å². The van der Waals surface area contributed by atoms with E-state index in [0.29, 0.717) is 48.7 Å². The van der Waals surface area contributed by atoms with Gasteiger partial charge in [0.2, 0.25) is 0 Å². The predicted molar refractivity (Wildman–Crippen MR) is 131 cm³/mol. The van der Waals surface area contributed by atoms with Gasteiger partial charge < -0.3 is 9.80 Å². The smallest absolute Gasteiger partial charge is 0.264 e. The molecule has 1 aliphatic rings. The second-order valence-electron chi connectivity index (χ2n) is 8.61. The number of piperazine rings is 1. The van der Waals surface area contributed by atoms with Crippen molar-refractivity contribution in [3.8, 4) is 0 Å². The Balaban J connectivity index is 1.28. The van der Waals surface area contributed by atoms with Crippen LogP contribution < -0.4 is 0 Å². The number of fused-ring (bicyclic) bond motifs is 1. The minimum absolute atomic E-state index is 0.0275. The van der Waals surface area contributed by atoms with Crippen molar-refractivity contribution in [2.24, 2.45) is 0 Å². The van der Waals surface area contributed by atoms with Gasteiger partial charge in [-0.1, -0.05) is 36.4 Å². The third kappa shape index (κ3) is 4.21. The highest BCUT2D eigenvalue weighted by Gasteiger charge is 2.27. The zero-order valence-corrected chi connectivity index (χ0v) is 19.9. The Morgan fingerprint density at radius 1 is 0.941 bits per heavy atom. The van der Waals surface area contributed by atoms with Crippen LogP contribution in [0.15, 0.2) is 54.6 Å². The number of aromatic nitrogens is 2. The van der Waals surface area contributed by atoms with Gasteiger partial charge in [0.15, 0.2) is 0 Å². The van der Waals surface area contributed by atoms with Gasteiger partial charge in [0.05, 0.1) is 17.1 Å². The molecule has 8 heteroatoms. The molecule has 0 bridgehead atoms. The molecule has 34 heavy (non-hydrogen) atoms. The van der Waals surface area contributed by atoms with Crippen molar-refractivity contribution < 1.29 is 14.0 Å². The van der Waals surface area contributed by atoms with Crippen molar-refractivity contribution in [3.63, 3.8) is 0 Å². The second-order valence-corrected chi connectivity index (χ2v) is 9.64. The minimum atomic E-state index is -0.384. The fraction of sp³-hybridized carbons (Fsp3) is 0.269. The van der Waals surface area contributed by atoms with Crippen LogP contribution in [0.4, 0.5) is 4.39 Å². The zero-order valence-electron chi connectivity index (χ0n) is 19.1. The lowest BCUT2D eigenvalue weighted by Gasteiger charge is -2.34. The average molecular weight is 477 g/mol. The molecule has 1 aliphatic heterocycles. The lowest BCUT2D eigenvalue weighted by atomic mass is 10.1. The highest BCUT2D eigenvalue weighted by molar-refractivity contribution is 7.20. The summed E-state index contributed by atoms with van der Waals surface area (Å²) in [5.41, 5.74) is 2.91. The molecule has 0 spiro atoms. The number of halogens is 1. The van der Waals surface area contributed by atoms with E-state index in [2.05, 4.69) is 17.2 Å². The number of hydrogen-bond acceptors (Lipinski definition) is 4. The Labute approximate surface area is 201 Å². The average Bonchev–Trinajstić information content (AvgIpc) is 3.42. The Kier molecular flexibility index (Phi) is 5.91. The third-order valence-corrected chi connectivity index (χ3v) is 7.40. The molecule has 0 atom stereocenters. The molecule has 174 valence electrons. The summed E-state index contributed by atoms with van der Waals surface area (Å²) in [6.07, 6.45) is 0. The molecule has 0 unspecified atom stereocenters. The van der Waals surface area contributed by atoms with Crippen LogP contribution in [0.3, 0.4) is 0 Å². The van der Waals surface area contributed by atoms with Gasteiger partial charge in [-0.2, -0.15) is 5.10 Å². The number of aryl methyl sites for hydroxylation is 2. The van der Waals surface area contributed by atoms with Gasteiger partial charge in [-0.15, -0.1) is 11.3 Å². The molecule has 2 aromatic carbocycles. The molecule has 6 nitrogen and oxygen atoms in total. The number of carbonyl (C=O) groups is 2. The summed E-state index contributed by atoms with van der Waals surface area (Å²) in [6, 6.07) is 16.6. The van der Waals surface area contributed by atoms with Crippen molar-refractivity contribution in [3.05, 3.63) is 87.7 Å². The van der Waals surface area contributed by atoms with Crippen LogP contribution in [0.1, 0.15) is 36.9 Å². The minimum Gasteiger partial charge on any atom is -0.335 e.